The summed E-state index contributed by atoms with van der Waals surface area (Å²) >= 11 is 0. The van der Waals surface area contributed by atoms with E-state index in [9.17, 15) is 0 Å². The first kappa shape index (κ1) is 20.4. The largest absolute Gasteiger partial charge is 0.338 e. The average Bonchev–Trinajstić information content (AvgIpc) is 3.25. The summed E-state index contributed by atoms with van der Waals surface area (Å²) in [6, 6.07) is 13.0. The van der Waals surface area contributed by atoms with Crippen molar-refractivity contribution in [2.75, 3.05) is 0 Å². The number of nitrogens with one attached hydrogen (secondary N) is 2. The van der Waals surface area contributed by atoms with Crippen molar-refractivity contribution < 1.29 is 0 Å². The lowest BCUT2D eigenvalue weighted by Gasteiger charge is -2.02. The third kappa shape index (κ3) is 4.11. The van der Waals surface area contributed by atoms with Crippen LogP contribution in [0, 0.1) is 5.92 Å². The molecule has 34 heavy (non-hydrogen) atoms. The van der Waals surface area contributed by atoms with Crippen LogP contribution in [-0.2, 0) is 6.42 Å². The fourth-order valence-electron chi connectivity index (χ4n) is 4.47. The lowest BCUT2D eigenvalue weighted by molar-refractivity contribution is 0.943. The van der Waals surface area contributed by atoms with Crippen molar-refractivity contribution in [3.63, 3.8) is 0 Å². The molecule has 1 atom stereocenters. The van der Waals surface area contributed by atoms with Gasteiger partial charge in [0, 0.05) is 11.1 Å². The van der Waals surface area contributed by atoms with Gasteiger partial charge in [-0.3, -0.25) is 0 Å². The lowest BCUT2D eigenvalue weighted by Crippen LogP contribution is -1.88. The second kappa shape index (κ2) is 8.64. The average molecular weight is 443 g/mol. The van der Waals surface area contributed by atoms with Gasteiger partial charge in [-0.05, 0) is 54.2 Å². The number of hydrogen-bond donors (Lipinski definition) is 2. The van der Waals surface area contributed by atoms with Crippen LogP contribution in [0.5, 0.6) is 0 Å². The van der Waals surface area contributed by atoms with Crippen LogP contribution < -0.4 is 0 Å². The molecule has 1 unspecified atom stereocenters. The van der Waals surface area contributed by atoms with E-state index in [0.717, 1.165) is 57.7 Å². The van der Waals surface area contributed by atoms with Crippen molar-refractivity contribution in [2.45, 2.75) is 19.8 Å². The number of rotatable bonds is 4. The summed E-state index contributed by atoms with van der Waals surface area (Å²) in [7, 11) is 0. The quantitative estimate of drug-likeness (QED) is 0.355. The van der Waals surface area contributed by atoms with Crippen LogP contribution in [0.4, 0.5) is 0 Å². The molecule has 0 saturated carbocycles. The summed E-state index contributed by atoms with van der Waals surface area (Å²) in [6.45, 7) is 2.18. The van der Waals surface area contributed by atoms with Crippen LogP contribution in [0.25, 0.3) is 33.2 Å². The Morgan fingerprint density at radius 1 is 0.794 bits per heavy atom. The number of fused-ring (bicyclic) bond motifs is 2. The van der Waals surface area contributed by atoms with E-state index in [2.05, 4.69) is 114 Å². The standard InChI is InChI=1S/C30H26N4/c1-20-7-6-10-24(14-11-20)30-32-26-16-13-22(19-28(26)34-30)17-21-12-15-25-27(18-21)33-29(31-25)23-8-4-2-3-5-9-23/h2-4,6-16,18-20H,5,17H2,1H3,(H,31,33)(H,32,34). The Morgan fingerprint density at radius 2 is 1.50 bits per heavy atom. The molecule has 0 saturated heterocycles. The molecule has 4 heteroatoms. The molecule has 0 radical (unpaired) electrons. The van der Waals surface area contributed by atoms with Gasteiger partial charge in [-0.1, -0.05) is 79.8 Å². The number of imidazole rings is 2. The number of allylic oxidation sites excluding steroid dienone is 12. The zero-order valence-electron chi connectivity index (χ0n) is 19.1. The van der Waals surface area contributed by atoms with Crippen LogP contribution in [0.3, 0.4) is 0 Å². The highest BCUT2D eigenvalue weighted by atomic mass is 14.9. The predicted octanol–water partition coefficient (Wildman–Crippen LogP) is 7.08. The van der Waals surface area contributed by atoms with E-state index in [0.29, 0.717) is 5.92 Å². The minimum absolute atomic E-state index is 0.436. The Bertz CT molecular complexity index is 1570. The number of aromatic nitrogens is 4. The predicted molar refractivity (Wildman–Crippen MR) is 141 cm³/mol. The number of benzene rings is 2. The Balaban J connectivity index is 1.26. The maximum Gasteiger partial charge on any atom is 0.138 e. The molecule has 2 N–H and O–H groups in total. The van der Waals surface area contributed by atoms with Gasteiger partial charge in [0.2, 0.25) is 0 Å². The molecule has 0 aliphatic heterocycles. The third-order valence-electron chi connectivity index (χ3n) is 6.31. The summed E-state index contributed by atoms with van der Waals surface area (Å²) in [6.07, 6.45) is 23.1. The van der Waals surface area contributed by atoms with Gasteiger partial charge in [-0.25, -0.2) is 9.97 Å². The molecular formula is C30H26N4. The molecule has 4 nitrogen and oxygen atoms in total. The van der Waals surface area contributed by atoms with Gasteiger partial charge < -0.3 is 9.97 Å². The second-order valence-corrected chi connectivity index (χ2v) is 8.96. The van der Waals surface area contributed by atoms with Gasteiger partial charge in [0.25, 0.3) is 0 Å². The normalized spacial score (nSPS) is 17.7. The Labute approximate surface area is 198 Å². The highest BCUT2D eigenvalue weighted by Gasteiger charge is 2.10. The molecule has 0 fully saturated rings. The summed E-state index contributed by atoms with van der Waals surface area (Å²) < 4.78 is 0. The van der Waals surface area contributed by atoms with Crippen LogP contribution in [-0.4, -0.2) is 19.9 Å². The Morgan fingerprint density at radius 3 is 2.24 bits per heavy atom. The van der Waals surface area contributed by atoms with Gasteiger partial charge in [0.1, 0.15) is 11.6 Å². The second-order valence-electron chi connectivity index (χ2n) is 8.96. The van der Waals surface area contributed by atoms with Crippen molar-refractivity contribution in [2.24, 2.45) is 5.92 Å². The number of hydrogen-bond acceptors (Lipinski definition) is 2. The fourth-order valence-corrected chi connectivity index (χ4v) is 4.47. The van der Waals surface area contributed by atoms with Crippen molar-refractivity contribution >= 4 is 33.2 Å². The van der Waals surface area contributed by atoms with E-state index in [1.165, 1.54) is 11.1 Å². The topological polar surface area (TPSA) is 57.4 Å². The van der Waals surface area contributed by atoms with Crippen molar-refractivity contribution in [3.8, 4) is 0 Å². The van der Waals surface area contributed by atoms with E-state index in [1.807, 2.05) is 0 Å². The number of aromatic amines is 2. The molecule has 0 spiro atoms. The Kier molecular flexibility index (Phi) is 5.19. The number of nitrogens with zero attached hydrogens (tertiary/aromatic N) is 2. The zero-order valence-corrected chi connectivity index (χ0v) is 19.1. The molecule has 4 aromatic rings. The van der Waals surface area contributed by atoms with E-state index >= 15 is 0 Å². The van der Waals surface area contributed by atoms with Crippen LogP contribution >= 0.6 is 0 Å². The molecule has 166 valence electrons. The number of H-pyrrole nitrogens is 2. The fraction of sp³-hybridized carbons (Fsp3) is 0.133. The molecule has 2 aliphatic carbocycles. The Hall–Kier alpha value is -4.18. The van der Waals surface area contributed by atoms with Gasteiger partial charge in [-0.2, -0.15) is 0 Å². The van der Waals surface area contributed by atoms with Gasteiger partial charge in [-0.15, -0.1) is 0 Å². The minimum atomic E-state index is 0.436. The van der Waals surface area contributed by atoms with Gasteiger partial charge in [0.15, 0.2) is 0 Å². The monoisotopic (exact) mass is 442 g/mol. The van der Waals surface area contributed by atoms with Crippen LogP contribution in [0.15, 0.2) is 97.2 Å². The molecule has 6 rings (SSSR count). The molecule has 0 amide bonds. The molecule has 2 aliphatic rings. The smallest absolute Gasteiger partial charge is 0.138 e. The summed E-state index contributed by atoms with van der Waals surface area (Å²) in [5.74, 6) is 2.26. The van der Waals surface area contributed by atoms with Crippen LogP contribution in [0.2, 0.25) is 0 Å². The highest BCUT2D eigenvalue weighted by Crippen LogP contribution is 2.25. The van der Waals surface area contributed by atoms with E-state index in [-0.39, 0.29) is 0 Å². The van der Waals surface area contributed by atoms with E-state index in [4.69, 9.17) is 9.97 Å². The maximum absolute atomic E-state index is 4.81. The summed E-state index contributed by atoms with van der Waals surface area (Å²) in [5, 5.41) is 0. The lowest BCUT2D eigenvalue weighted by atomic mass is 10.0. The highest BCUT2D eigenvalue weighted by molar-refractivity contribution is 5.83. The summed E-state index contributed by atoms with van der Waals surface area (Å²) in [5.41, 5.74) is 8.85. The molecule has 2 heterocycles. The molecule has 2 aromatic heterocycles. The molecule has 0 bridgehead atoms. The summed E-state index contributed by atoms with van der Waals surface area (Å²) in [4.78, 5) is 16.6. The van der Waals surface area contributed by atoms with Crippen molar-refractivity contribution in [3.05, 3.63) is 120 Å². The van der Waals surface area contributed by atoms with Gasteiger partial charge >= 0.3 is 0 Å². The molecular weight excluding hydrogens is 416 g/mol. The first-order chi connectivity index (χ1) is 16.7. The van der Waals surface area contributed by atoms with E-state index in [1.54, 1.807) is 0 Å². The minimum Gasteiger partial charge on any atom is -0.338 e. The van der Waals surface area contributed by atoms with E-state index < -0.39 is 0 Å². The van der Waals surface area contributed by atoms with Crippen molar-refractivity contribution in [1.29, 1.82) is 0 Å². The zero-order chi connectivity index (χ0) is 22.9. The van der Waals surface area contributed by atoms with Gasteiger partial charge in [0.05, 0.1) is 22.1 Å². The molecule has 2 aromatic carbocycles. The first-order valence-electron chi connectivity index (χ1n) is 11.8. The van der Waals surface area contributed by atoms with Crippen molar-refractivity contribution in [1.82, 2.24) is 19.9 Å². The maximum atomic E-state index is 4.81. The third-order valence-corrected chi connectivity index (χ3v) is 6.31. The van der Waals surface area contributed by atoms with Crippen LogP contribution in [0.1, 0.15) is 36.1 Å². The SMILES string of the molecule is CC1C=CC=C(c2nc3ccc(Cc4ccc5nc(C6=CCC=CC=C6)[nH]c5c4)cc3[nH]2)C=C1. The first-order valence-corrected chi connectivity index (χ1v) is 11.8.